The molecule has 0 saturated heterocycles. The Morgan fingerprint density at radius 3 is 2.17 bits per heavy atom. The summed E-state index contributed by atoms with van der Waals surface area (Å²) in [6.45, 7) is 0. The van der Waals surface area contributed by atoms with Gasteiger partial charge in [-0.1, -0.05) is 30.3 Å². The number of carbonyl (C=O) groups is 1. The second kappa shape index (κ2) is 4.93. The van der Waals surface area contributed by atoms with Gasteiger partial charge in [-0.3, -0.25) is 0 Å². The number of benzene rings is 1. The molecule has 0 saturated carbocycles. The molecule has 1 rings (SSSR count). The van der Waals surface area contributed by atoms with Crippen molar-refractivity contribution in [1.82, 2.24) is 0 Å². The summed E-state index contributed by atoms with van der Waals surface area (Å²) in [5.41, 5.74) is 0.403. The molecular formula is C8H8MnO3. The van der Waals surface area contributed by atoms with E-state index < -0.39 is 12.1 Å². The molecular weight excluding hydrogens is 199 g/mol. The van der Waals surface area contributed by atoms with Crippen molar-refractivity contribution in [2.24, 2.45) is 0 Å². The Hall–Kier alpha value is -0.831. The van der Waals surface area contributed by atoms with Crippen LogP contribution in [-0.2, 0) is 21.9 Å². The maximum Gasteiger partial charge on any atom is 0.337 e. The Balaban J connectivity index is 0.00000121. The van der Waals surface area contributed by atoms with E-state index in [4.69, 9.17) is 10.2 Å². The second-order valence-electron chi connectivity index (χ2n) is 2.15. The summed E-state index contributed by atoms with van der Waals surface area (Å²) in [4.78, 5) is 10.2. The molecule has 0 aromatic heterocycles. The number of hydrogen-bond acceptors (Lipinski definition) is 2. The maximum atomic E-state index is 10.2. The molecule has 0 amide bonds. The molecule has 1 aromatic rings. The topological polar surface area (TPSA) is 57.5 Å². The van der Waals surface area contributed by atoms with Crippen molar-refractivity contribution in [2.75, 3.05) is 0 Å². The van der Waals surface area contributed by atoms with Gasteiger partial charge in [0, 0.05) is 17.1 Å². The van der Waals surface area contributed by atoms with Gasteiger partial charge in [-0.25, -0.2) is 4.79 Å². The van der Waals surface area contributed by atoms with Crippen LogP contribution in [0.1, 0.15) is 11.7 Å². The first-order chi connectivity index (χ1) is 5.22. The fourth-order valence-electron chi connectivity index (χ4n) is 0.778. The molecule has 0 aliphatic rings. The smallest absolute Gasteiger partial charge is 0.337 e. The molecule has 1 aromatic carbocycles. The summed E-state index contributed by atoms with van der Waals surface area (Å²) in [6, 6.07) is 8.26. The van der Waals surface area contributed by atoms with Crippen LogP contribution in [0.15, 0.2) is 30.3 Å². The Kier molecular flexibility index (Phi) is 4.59. The first-order valence-electron chi connectivity index (χ1n) is 3.17. The van der Waals surface area contributed by atoms with Crippen LogP contribution >= 0.6 is 0 Å². The molecule has 1 atom stereocenters. The van der Waals surface area contributed by atoms with E-state index in [1.807, 2.05) is 0 Å². The van der Waals surface area contributed by atoms with Crippen molar-refractivity contribution < 1.29 is 32.1 Å². The number of carboxylic acid groups (broad SMARTS) is 1. The number of aliphatic hydroxyl groups is 1. The Labute approximate surface area is 80.5 Å². The first kappa shape index (κ1) is 11.2. The minimum absolute atomic E-state index is 0. The van der Waals surface area contributed by atoms with E-state index >= 15 is 0 Å². The monoisotopic (exact) mass is 207 g/mol. The van der Waals surface area contributed by atoms with E-state index in [1.165, 1.54) is 0 Å². The van der Waals surface area contributed by atoms with Crippen LogP contribution in [0.25, 0.3) is 0 Å². The minimum atomic E-state index is -1.41. The van der Waals surface area contributed by atoms with Crippen LogP contribution < -0.4 is 0 Å². The van der Waals surface area contributed by atoms with Gasteiger partial charge in [0.25, 0.3) is 0 Å². The van der Waals surface area contributed by atoms with Crippen LogP contribution in [-0.4, -0.2) is 16.2 Å². The molecule has 0 fully saturated rings. The summed E-state index contributed by atoms with van der Waals surface area (Å²) < 4.78 is 0. The zero-order chi connectivity index (χ0) is 8.27. The van der Waals surface area contributed by atoms with Gasteiger partial charge in [-0.15, -0.1) is 0 Å². The molecule has 2 N–H and O–H groups in total. The molecule has 0 aliphatic carbocycles. The van der Waals surface area contributed by atoms with Gasteiger partial charge in [0.15, 0.2) is 6.10 Å². The van der Waals surface area contributed by atoms with Crippen molar-refractivity contribution in [2.45, 2.75) is 6.10 Å². The van der Waals surface area contributed by atoms with Gasteiger partial charge in [0.05, 0.1) is 0 Å². The quantitative estimate of drug-likeness (QED) is 0.705. The fourth-order valence-corrected chi connectivity index (χ4v) is 0.778. The van der Waals surface area contributed by atoms with Gasteiger partial charge < -0.3 is 10.2 Å². The normalized spacial score (nSPS) is 11.4. The van der Waals surface area contributed by atoms with Gasteiger partial charge in [0.2, 0.25) is 0 Å². The summed E-state index contributed by atoms with van der Waals surface area (Å²) in [6.07, 6.45) is -1.41. The van der Waals surface area contributed by atoms with Crippen molar-refractivity contribution >= 4 is 5.97 Å². The van der Waals surface area contributed by atoms with Crippen molar-refractivity contribution in [1.29, 1.82) is 0 Å². The number of aliphatic carboxylic acids is 1. The van der Waals surface area contributed by atoms with Gasteiger partial charge in [-0.05, 0) is 5.56 Å². The Bertz CT molecular complexity index is 248. The zero-order valence-electron chi connectivity index (χ0n) is 6.14. The van der Waals surface area contributed by atoms with E-state index in [1.54, 1.807) is 30.3 Å². The fraction of sp³-hybridized carbons (Fsp3) is 0.125. The van der Waals surface area contributed by atoms with E-state index in [2.05, 4.69) is 0 Å². The summed E-state index contributed by atoms with van der Waals surface area (Å²) in [7, 11) is 0. The molecule has 0 heterocycles. The van der Waals surface area contributed by atoms with Gasteiger partial charge in [-0.2, -0.15) is 0 Å². The van der Waals surface area contributed by atoms with Crippen LogP contribution in [0.2, 0.25) is 0 Å². The number of rotatable bonds is 2. The van der Waals surface area contributed by atoms with Gasteiger partial charge in [0.1, 0.15) is 0 Å². The van der Waals surface area contributed by atoms with E-state index in [0.717, 1.165) is 0 Å². The predicted octanol–water partition coefficient (Wildman–Crippen LogP) is 0.802. The summed E-state index contributed by atoms with van der Waals surface area (Å²) in [5.74, 6) is -1.23. The molecule has 0 bridgehead atoms. The molecule has 0 spiro atoms. The zero-order valence-corrected chi connectivity index (χ0v) is 7.33. The summed E-state index contributed by atoms with van der Waals surface area (Å²) >= 11 is 0. The SMILES string of the molecule is O=C(O)C(O)c1ccccc1.[Mn]. The average molecular weight is 207 g/mol. The largest absolute Gasteiger partial charge is 0.479 e. The van der Waals surface area contributed by atoms with E-state index in [0.29, 0.717) is 5.56 Å². The second-order valence-corrected chi connectivity index (χ2v) is 2.15. The third-order valence-electron chi connectivity index (χ3n) is 1.35. The average Bonchev–Trinajstić information content (AvgIpc) is 2.05. The third-order valence-corrected chi connectivity index (χ3v) is 1.35. The minimum Gasteiger partial charge on any atom is -0.479 e. The molecule has 1 unspecified atom stereocenters. The number of aliphatic hydroxyl groups excluding tert-OH is 1. The van der Waals surface area contributed by atoms with Crippen LogP contribution in [0.3, 0.4) is 0 Å². The Morgan fingerprint density at radius 1 is 1.25 bits per heavy atom. The number of carboxylic acids is 1. The maximum absolute atomic E-state index is 10.2. The molecule has 4 heteroatoms. The third kappa shape index (κ3) is 2.66. The van der Waals surface area contributed by atoms with Gasteiger partial charge >= 0.3 is 5.97 Å². The van der Waals surface area contributed by atoms with Crippen LogP contribution in [0.5, 0.6) is 0 Å². The molecule has 0 aliphatic heterocycles. The first-order valence-corrected chi connectivity index (χ1v) is 3.17. The van der Waals surface area contributed by atoms with E-state index in [9.17, 15) is 4.79 Å². The van der Waals surface area contributed by atoms with Crippen LogP contribution in [0, 0.1) is 0 Å². The molecule has 65 valence electrons. The standard InChI is InChI=1S/C8H8O3.Mn/c9-7(8(10)11)6-4-2-1-3-5-6;/h1-5,7,9H,(H,10,11);. The van der Waals surface area contributed by atoms with E-state index in [-0.39, 0.29) is 17.1 Å². The molecule has 3 nitrogen and oxygen atoms in total. The predicted molar refractivity (Wildman–Crippen MR) is 39.0 cm³/mol. The molecule has 1 radical (unpaired) electrons. The van der Waals surface area contributed by atoms with Crippen LogP contribution in [0.4, 0.5) is 0 Å². The summed E-state index contributed by atoms with van der Waals surface area (Å²) in [5, 5.41) is 17.4. The van der Waals surface area contributed by atoms with Crippen molar-refractivity contribution in [3.8, 4) is 0 Å². The van der Waals surface area contributed by atoms with Crippen molar-refractivity contribution in [3.63, 3.8) is 0 Å². The molecule has 12 heavy (non-hydrogen) atoms. The van der Waals surface area contributed by atoms with Crippen molar-refractivity contribution in [3.05, 3.63) is 35.9 Å². The number of hydrogen-bond donors (Lipinski definition) is 2. The Morgan fingerprint density at radius 2 is 1.75 bits per heavy atom.